The lowest BCUT2D eigenvalue weighted by Crippen LogP contribution is -2.18. The van der Waals surface area contributed by atoms with Gasteiger partial charge in [-0.3, -0.25) is 4.68 Å². The van der Waals surface area contributed by atoms with E-state index in [2.05, 4.69) is 11.3 Å². The van der Waals surface area contributed by atoms with Gasteiger partial charge in [-0.15, -0.1) is 0 Å². The molecule has 66 valence electrons. The average Bonchev–Trinajstić information content (AvgIpc) is 2.44. The molecule has 1 aliphatic carbocycles. The van der Waals surface area contributed by atoms with Gasteiger partial charge in [0.25, 0.3) is 0 Å². The molecule has 0 bridgehead atoms. The lowest BCUT2D eigenvalue weighted by molar-refractivity contribution is 0.266. The lowest BCUT2D eigenvalue weighted by atomic mass is 9.85. The van der Waals surface area contributed by atoms with Crippen molar-refractivity contribution in [3.05, 3.63) is 18.0 Å². The molecule has 1 aliphatic rings. The minimum atomic E-state index is 0.602. The molecule has 1 saturated carbocycles. The van der Waals surface area contributed by atoms with Crippen LogP contribution in [0.2, 0.25) is 0 Å². The predicted octanol–water partition coefficient (Wildman–Crippen LogP) is 1.14. The highest BCUT2D eigenvalue weighted by atomic mass is 15.3. The highest BCUT2D eigenvalue weighted by molar-refractivity contribution is 5.02. The van der Waals surface area contributed by atoms with Gasteiger partial charge in [0.15, 0.2) is 0 Å². The minimum Gasteiger partial charge on any atom is -0.326 e. The number of nitrogens with two attached hydrogens (primary N) is 1. The number of hydrogen-bond donors (Lipinski definition) is 1. The second kappa shape index (κ2) is 3.27. The Morgan fingerprint density at radius 2 is 2.42 bits per heavy atom. The van der Waals surface area contributed by atoms with Crippen molar-refractivity contribution in [3.8, 4) is 0 Å². The van der Waals surface area contributed by atoms with Crippen molar-refractivity contribution >= 4 is 0 Å². The normalized spacial score (nSPS) is 17.8. The van der Waals surface area contributed by atoms with Crippen LogP contribution < -0.4 is 5.73 Å². The predicted molar refractivity (Wildman–Crippen MR) is 47.5 cm³/mol. The number of hydrogen-bond acceptors (Lipinski definition) is 2. The topological polar surface area (TPSA) is 43.8 Å². The average molecular weight is 165 g/mol. The third-order valence-electron chi connectivity index (χ3n) is 2.59. The molecule has 3 nitrogen and oxygen atoms in total. The van der Waals surface area contributed by atoms with Crippen molar-refractivity contribution in [1.29, 1.82) is 0 Å². The van der Waals surface area contributed by atoms with Gasteiger partial charge in [0.2, 0.25) is 0 Å². The van der Waals surface area contributed by atoms with Gasteiger partial charge in [0.1, 0.15) is 0 Å². The first kappa shape index (κ1) is 7.80. The van der Waals surface area contributed by atoms with Crippen molar-refractivity contribution in [2.45, 2.75) is 32.4 Å². The maximum atomic E-state index is 5.49. The summed E-state index contributed by atoms with van der Waals surface area (Å²) in [4.78, 5) is 0. The molecular weight excluding hydrogens is 150 g/mol. The zero-order valence-electron chi connectivity index (χ0n) is 7.24. The molecule has 0 spiro atoms. The quantitative estimate of drug-likeness (QED) is 0.730. The minimum absolute atomic E-state index is 0.602. The zero-order valence-corrected chi connectivity index (χ0v) is 7.24. The largest absolute Gasteiger partial charge is 0.326 e. The molecule has 0 atom stereocenters. The summed E-state index contributed by atoms with van der Waals surface area (Å²) in [5.74, 6) is 0.871. The van der Waals surface area contributed by atoms with E-state index in [0.29, 0.717) is 6.54 Å². The van der Waals surface area contributed by atoms with E-state index in [9.17, 15) is 0 Å². The maximum Gasteiger partial charge on any atom is 0.0534 e. The van der Waals surface area contributed by atoms with Crippen molar-refractivity contribution < 1.29 is 0 Å². The molecule has 0 amide bonds. The fourth-order valence-electron chi connectivity index (χ4n) is 1.55. The Kier molecular flexibility index (Phi) is 2.13. The Balaban J connectivity index is 1.93. The summed E-state index contributed by atoms with van der Waals surface area (Å²) in [6, 6.07) is 0. The summed E-state index contributed by atoms with van der Waals surface area (Å²) in [6.07, 6.45) is 8.06. The first-order chi connectivity index (χ1) is 5.88. The maximum absolute atomic E-state index is 5.49. The van der Waals surface area contributed by atoms with E-state index in [-0.39, 0.29) is 0 Å². The second-order valence-corrected chi connectivity index (χ2v) is 3.57. The van der Waals surface area contributed by atoms with Gasteiger partial charge in [-0.1, -0.05) is 6.42 Å². The molecule has 1 aromatic heterocycles. The molecule has 0 saturated heterocycles. The van der Waals surface area contributed by atoms with Crippen LogP contribution in [0.25, 0.3) is 0 Å². The first-order valence-electron chi connectivity index (χ1n) is 4.60. The molecule has 2 N–H and O–H groups in total. The van der Waals surface area contributed by atoms with Gasteiger partial charge in [-0.05, 0) is 18.8 Å². The second-order valence-electron chi connectivity index (χ2n) is 3.57. The zero-order chi connectivity index (χ0) is 8.39. The summed E-state index contributed by atoms with van der Waals surface area (Å²) in [5, 5.41) is 4.25. The van der Waals surface area contributed by atoms with Gasteiger partial charge in [-0.25, -0.2) is 0 Å². The van der Waals surface area contributed by atoms with Crippen LogP contribution in [-0.4, -0.2) is 9.78 Å². The highest BCUT2D eigenvalue weighted by Gasteiger charge is 2.17. The van der Waals surface area contributed by atoms with Crippen molar-refractivity contribution in [2.24, 2.45) is 11.7 Å². The third-order valence-corrected chi connectivity index (χ3v) is 2.59. The SMILES string of the molecule is NCc1cnn(CC2CCC2)c1. The Hall–Kier alpha value is -0.830. The Bertz CT molecular complexity index is 250. The van der Waals surface area contributed by atoms with Crippen LogP contribution in [0.4, 0.5) is 0 Å². The van der Waals surface area contributed by atoms with E-state index in [0.717, 1.165) is 18.0 Å². The Labute approximate surface area is 72.6 Å². The Morgan fingerprint density at radius 3 is 2.92 bits per heavy atom. The van der Waals surface area contributed by atoms with Crippen molar-refractivity contribution in [1.82, 2.24) is 9.78 Å². The number of aromatic nitrogens is 2. The van der Waals surface area contributed by atoms with Crippen LogP contribution in [0.1, 0.15) is 24.8 Å². The molecule has 0 unspecified atom stereocenters. The molecule has 0 radical (unpaired) electrons. The van der Waals surface area contributed by atoms with Gasteiger partial charge in [0, 0.05) is 24.8 Å². The van der Waals surface area contributed by atoms with Gasteiger partial charge in [-0.2, -0.15) is 5.10 Å². The molecule has 2 rings (SSSR count). The van der Waals surface area contributed by atoms with E-state index < -0.39 is 0 Å². The van der Waals surface area contributed by atoms with Crippen LogP contribution in [0.15, 0.2) is 12.4 Å². The number of rotatable bonds is 3. The summed E-state index contributed by atoms with van der Waals surface area (Å²) in [6.45, 7) is 1.69. The van der Waals surface area contributed by atoms with Gasteiger partial charge < -0.3 is 5.73 Å². The van der Waals surface area contributed by atoms with Crippen LogP contribution in [0, 0.1) is 5.92 Å². The molecule has 1 fully saturated rings. The molecule has 1 aromatic rings. The molecule has 0 aromatic carbocycles. The smallest absolute Gasteiger partial charge is 0.0534 e. The summed E-state index contributed by atoms with van der Waals surface area (Å²) < 4.78 is 2.02. The third kappa shape index (κ3) is 1.50. The van der Waals surface area contributed by atoms with Crippen LogP contribution in [0.5, 0.6) is 0 Å². The lowest BCUT2D eigenvalue weighted by Gasteiger charge is -2.24. The fraction of sp³-hybridized carbons (Fsp3) is 0.667. The van der Waals surface area contributed by atoms with Crippen molar-refractivity contribution in [2.75, 3.05) is 0 Å². The summed E-state index contributed by atoms with van der Waals surface area (Å²) in [5.41, 5.74) is 6.62. The van der Waals surface area contributed by atoms with Crippen LogP contribution >= 0.6 is 0 Å². The van der Waals surface area contributed by atoms with Gasteiger partial charge >= 0.3 is 0 Å². The number of nitrogens with zero attached hydrogens (tertiary/aromatic N) is 2. The summed E-state index contributed by atoms with van der Waals surface area (Å²) >= 11 is 0. The van der Waals surface area contributed by atoms with Crippen LogP contribution in [-0.2, 0) is 13.1 Å². The molecule has 12 heavy (non-hydrogen) atoms. The highest BCUT2D eigenvalue weighted by Crippen LogP contribution is 2.27. The summed E-state index contributed by atoms with van der Waals surface area (Å²) in [7, 11) is 0. The van der Waals surface area contributed by atoms with E-state index >= 15 is 0 Å². The monoisotopic (exact) mass is 165 g/mol. The molecule has 1 heterocycles. The molecular formula is C9H15N3. The fourth-order valence-corrected chi connectivity index (χ4v) is 1.55. The van der Waals surface area contributed by atoms with Crippen LogP contribution in [0.3, 0.4) is 0 Å². The molecule has 3 heteroatoms. The van der Waals surface area contributed by atoms with E-state index in [4.69, 9.17) is 5.73 Å². The first-order valence-corrected chi connectivity index (χ1v) is 4.60. The standard InChI is InChI=1S/C9H15N3/c10-4-9-5-11-12(7-9)6-8-2-1-3-8/h5,7-8H,1-4,6,10H2. The van der Waals surface area contributed by atoms with E-state index in [1.165, 1.54) is 19.3 Å². The van der Waals surface area contributed by atoms with Crippen molar-refractivity contribution in [3.63, 3.8) is 0 Å². The van der Waals surface area contributed by atoms with E-state index in [1.807, 2.05) is 10.9 Å². The van der Waals surface area contributed by atoms with E-state index in [1.54, 1.807) is 0 Å². The van der Waals surface area contributed by atoms with Gasteiger partial charge in [0.05, 0.1) is 6.20 Å². The molecule has 0 aliphatic heterocycles. The Morgan fingerprint density at radius 1 is 1.58 bits per heavy atom.